The van der Waals surface area contributed by atoms with Crippen molar-refractivity contribution in [3.8, 4) is 0 Å². The van der Waals surface area contributed by atoms with Crippen molar-refractivity contribution in [2.45, 2.75) is 65.3 Å². The smallest absolute Gasteiger partial charge is 0.321 e. The average Bonchev–Trinajstić information content (AvgIpc) is 3.72. The van der Waals surface area contributed by atoms with Gasteiger partial charge in [-0.15, -0.1) is 0 Å². The van der Waals surface area contributed by atoms with E-state index in [0.717, 1.165) is 63.1 Å². The van der Waals surface area contributed by atoms with E-state index in [9.17, 15) is 14.4 Å². The molecule has 4 aliphatic rings. The monoisotopic (exact) mass is 490 g/mol. The van der Waals surface area contributed by atoms with Crippen molar-refractivity contribution in [3.05, 3.63) is 28.8 Å². The Hall–Kier alpha value is -2.28. The van der Waals surface area contributed by atoms with Gasteiger partial charge in [-0.3, -0.25) is 9.59 Å². The zero-order chi connectivity index (χ0) is 24.7. The molecule has 3 fully saturated rings. The van der Waals surface area contributed by atoms with Gasteiger partial charge in [0.15, 0.2) is 0 Å². The summed E-state index contributed by atoms with van der Waals surface area (Å²) in [4.78, 5) is 41.1. The van der Waals surface area contributed by atoms with E-state index in [4.69, 9.17) is 11.6 Å². The van der Waals surface area contributed by atoms with Crippen LogP contribution in [0.15, 0.2) is 18.2 Å². The van der Waals surface area contributed by atoms with Crippen molar-refractivity contribution in [3.63, 3.8) is 0 Å². The van der Waals surface area contributed by atoms with Gasteiger partial charge in [0, 0.05) is 62.3 Å². The summed E-state index contributed by atoms with van der Waals surface area (Å²) in [7, 11) is 1.75. The zero-order valence-electron chi connectivity index (χ0n) is 20.8. The normalized spacial score (nSPS) is 20.2. The molecule has 1 aromatic carbocycles. The van der Waals surface area contributed by atoms with E-state index >= 15 is 0 Å². The van der Waals surface area contributed by atoms with E-state index in [-0.39, 0.29) is 11.9 Å². The number of amides is 4. The third kappa shape index (κ3) is 6.87. The van der Waals surface area contributed by atoms with Crippen LogP contribution in [0.1, 0.15) is 64.4 Å². The molecule has 1 saturated heterocycles. The van der Waals surface area contributed by atoms with Gasteiger partial charge in [0.2, 0.25) is 11.8 Å². The lowest BCUT2D eigenvalue weighted by Gasteiger charge is -2.37. The molecular formula is C26H39ClN4O3. The molecular weight excluding hydrogens is 452 g/mol. The van der Waals surface area contributed by atoms with Crippen molar-refractivity contribution >= 4 is 35.1 Å². The first-order valence-corrected chi connectivity index (χ1v) is 13.2. The molecule has 7 nitrogen and oxygen atoms in total. The number of nitrogens with one attached hydrogen (secondary N) is 1. The Kier molecular flexibility index (Phi) is 9.63. The number of carbonyl (C=O) groups excluding carboxylic acids is 3. The van der Waals surface area contributed by atoms with Crippen LogP contribution in [-0.4, -0.2) is 65.8 Å². The van der Waals surface area contributed by atoms with Crippen LogP contribution in [0, 0.1) is 11.8 Å². The van der Waals surface area contributed by atoms with Crippen LogP contribution in [0.25, 0.3) is 0 Å². The third-order valence-corrected chi connectivity index (χ3v) is 7.08. The minimum Gasteiger partial charge on any atom is -0.339 e. The molecule has 2 heterocycles. The predicted molar refractivity (Wildman–Crippen MR) is 136 cm³/mol. The van der Waals surface area contributed by atoms with Gasteiger partial charge in [0.1, 0.15) is 0 Å². The molecule has 1 aromatic rings. The zero-order valence-corrected chi connectivity index (χ0v) is 21.6. The molecule has 0 aromatic heterocycles. The Bertz CT molecular complexity index is 860. The Balaban J connectivity index is 0.000000189. The minimum absolute atomic E-state index is 0.0742. The lowest BCUT2D eigenvalue weighted by Crippen LogP contribution is -2.52. The third-order valence-electron chi connectivity index (χ3n) is 6.85. The van der Waals surface area contributed by atoms with E-state index < -0.39 is 0 Å². The van der Waals surface area contributed by atoms with Crippen molar-refractivity contribution in [1.29, 1.82) is 0 Å². The molecule has 0 unspecified atom stereocenters. The molecule has 2 aliphatic carbocycles. The summed E-state index contributed by atoms with van der Waals surface area (Å²) in [6, 6.07) is 5.39. The van der Waals surface area contributed by atoms with E-state index in [2.05, 4.69) is 5.32 Å². The number of urea groups is 1. The van der Waals surface area contributed by atoms with Crippen molar-refractivity contribution in [2.75, 3.05) is 38.5 Å². The molecule has 2 aliphatic heterocycles. The van der Waals surface area contributed by atoms with Gasteiger partial charge in [-0.1, -0.05) is 44.7 Å². The van der Waals surface area contributed by atoms with Crippen molar-refractivity contribution in [1.82, 2.24) is 14.7 Å². The SMILES string of the molecule is CC.CN1Cc2cc(Cl)ccc2NC1=O.O=C(C1CCCCC1)N1CCN(C(=O)C2CC2)CC1. The molecule has 2 saturated carbocycles. The number of hydrogen-bond acceptors (Lipinski definition) is 3. The maximum atomic E-state index is 12.4. The second kappa shape index (κ2) is 12.4. The van der Waals surface area contributed by atoms with Gasteiger partial charge in [0.05, 0.1) is 0 Å². The fourth-order valence-electron chi connectivity index (χ4n) is 4.70. The topological polar surface area (TPSA) is 73.0 Å². The number of rotatable bonds is 2. The van der Waals surface area contributed by atoms with Gasteiger partial charge in [-0.05, 0) is 49.4 Å². The number of benzene rings is 1. The summed E-state index contributed by atoms with van der Waals surface area (Å²) in [5.41, 5.74) is 1.90. The summed E-state index contributed by atoms with van der Waals surface area (Å²) >= 11 is 5.83. The maximum Gasteiger partial charge on any atom is 0.321 e. The Morgan fingerprint density at radius 2 is 1.41 bits per heavy atom. The molecule has 0 atom stereocenters. The molecule has 0 radical (unpaired) electrons. The summed E-state index contributed by atoms with van der Waals surface area (Å²) in [6.07, 6.45) is 7.97. The first-order chi connectivity index (χ1) is 16.4. The van der Waals surface area contributed by atoms with Crippen LogP contribution in [0.5, 0.6) is 0 Å². The highest BCUT2D eigenvalue weighted by Crippen LogP contribution is 2.32. The number of piperazine rings is 1. The molecule has 0 spiro atoms. The molecule has 188 valence electrons. The van der Waals surface area contributed by atoms with Crippen LogP contribution >= 0.6 is 11.6 Å². The number of carbonyl (C=O) groups is 3. The molecule has 34 heavy (non-hydrogen) atoms. The van der Waals surface area contributed by atoms with Gasteiger partial charge >= 0.3 is 6.03 Å². The summed E-state index contributed by atoms with van der Waals surface area (Å²) < 4.78 is 0. The minimum atomic E-state index is -0.0742. The lowest BCUT2D eigenvalue weighted by molar-refractivity contribution is -0.143. The van der Waals surface area contributed by atoms with Gasteiger partial charge in [-0.2, -0.15) is 0 Å². The number of anilines is 1. The molecule has 0 bridgehead atoms. The second-order valence-corrected chi connectivity index (χ2v) is 9.78. The van der Waals surface area contributed by atoms with Gasteiger partial charge in [-0.25, -0.2) is 4.79 Å². The Morgan fingerprint density at radius 1 is 0.882 bits per heavy atom. The number of fused-ring (bicyclic) bond motifs is 1. The fraction of sp³-hybridized carbons (Fsp3) is 0.654. The lowest BCUT2D eigenvalue weighted by atomic mass is 9.88. The standard InChI is InChI=1S/C15H24N2O2.C9H9ClN2O.C2H6/c18-14(12-4-2-1-3-5-12)16-8-10-17(11-9-16)15(19)13-6-7-13;1-12-5-6-4-7(10)2-3-8(6)11-9(12)13;1-2/h12-13H,1-11H2;2-4H,5H2,1H3,(H,11,13);1-2H3. The number of halogens is 1. The molecule has 8 heteroatoms. The van der Waals surface area contributed by atoms with E-state index in [0.29, 0.717) is 29.3 Å². The van der Waals surface area contributed by atoms with Crippen LogP contribution < -0.4 is 5.32 Å². The first-order valence-electron chi connectivity index (χ1n) is 12.8. The largest absolute Gasteiger partial charge is 0.339 e. The number of hydrogen-bond donors (Lipinski definition) is 1. The summed E-state index contributed by atoms with van der Waals surface area (Å²) in [5, 5.41) is 3.46. The van der Waals surface area contributed by atoms with E-state index in [1.165, 1.54) is 19.3 Å². The molecule has 5 rings (SSSR count). The highest BCUT2D eigenvalue weighted by molar-refractivity contribution is 6.30. The molecule has 4 amide bonds. The molecule has 1 N–H and O–H groups in total. The van der Waals surface area contributed by atoms with Crippen molar-refractivity contribution in [2.24, 2.45) is 11.8 Å². The van der Waals surface area contributed by atoms with Crippen LogP contribution in [-0.2, 0) is 16.1 Å². The quantitative estimate of drug-likeness (QED) is 0.634. The Morgan fingerprint density at radius 3 is 1.94 bits per heavy atom. The number of nitrogens with zero attached hydrogens (tertiary/aromatic N) is 3. The summed E-state index contributed by atoms with van der Waals surface area (Å²) in [6.45, 7) is 7.59. The summed E-state index contributed by atoms with van der Waals surface area (Å²) in [5.74, 6) is 1.24. The van der Waals surface area contributed by atoms with E-state index in [1.54, 1.807) is 18.0 Å². The highest BCUT2D eigenvalue weighted by Gasteiger charge is 2.36. The maximum absolute atomic E-state index is 12.4. The van der Waals surface area contributed by atoms with Crippen LogP contribution in [0.2, 0.25) is 5.02 Å². The second-order valence-electron chi connectivity index (χ2n) is 9.35. The predicted octanol–water partition coefficient (Wildman–Crippen LogP) is 4.99. The van der Waals surface area contributed by atoms with Crippen LogP contribution in [0.4, 0.5) is 10.5 Å². The van der Waals surface area contributed by atoms with Crippen molar-refractivity contribution < 1.29 is 14.4 Å². The average molecular weight is 491 g/mol. The van der Waals surface area contributed by atoms with Gasteiger partial charge < -0.3 is 20.0 Å². The highest BCUT2D eigenvalue weighted by atomic mass is 35.5. The van der Waals surface area contributed by atoms with E-state index in [1.807, 2.05) is 35.8 Å². The van der Waals surface area contributed by atoms with Gasteiger partial charge in [0.25, 0.3) is 0 Å². The fourth-order valence-corrected chi connectivity index (χ4v) is 4.89. The first kappa shape index (κ1) is 26.3. The van der Waals surface area contributed by atoms with Crippen LogP contribution in [0.3, 0.4) is 0 Å². The Labute approximate surface area is 208 Å².